The van der Waals surface area contributed by atoms with Crippen molar-refractivity contribution in [2.24, 2.45) is 0 Å². The average molecular weight is 660 g/mol. The monoisotopic (exact) mass is 660 g/mol. The van der Waals surface area contributed by atoms with Gasteiger partial charge in [-0.25, -0.2) is 0 Å². The molecule has 3 rings (SSSR count). The van der Waals surface area contributed by atoms with Gasteiger partial charge in [-0.2, -0.15) is 0 Å². The van der Waals surface area contributed by atoms with Gasteiger partial charge >= 0.3 is 250 Å². The van der Waals surface area contributed by atoms with Crippen molar-refractivity contribution in [3.63, 3.8) is 0 Å². The fourth-order valence-corrected chi connectivity index (χ4v) is 31.4. The van der Waals surface area contributed by atoms with Crippen molar-refractivity contribution >= 4 is 41.1 Å². The van der Waals surface area contributed by atoms with Crippen LogP contribution >= 0.6 is 0 Å². The van der Waals surface area contributed by atoms with Crippen LogP contribution in [-0.4, -0.2) is 55.4 Å². The Balaban J connectivity index is 2.28. The molecule has 0 spiro atoms. The van der Waals surface area contributed by atoms with Gasteiger partial charge in [0.05, 0.1) is 0 Å². The summed E-state index contributed by atoms with van der Waals surface area (Å²) in [7, 11) is 0.534. The van der Waals surface area contributed by atoms with Crippen LogP contribution in [0.15, 0.2) is 24.4 Å². The summed E-state index contributed by atoms with van der Waals surface area (Å²) in [6.07, 6.45) is 15.0. The molecule has 1 aromatic carbocycles. The van der Waals surface area contributed by atoms with Crippen molar-refractivity contribution in [3.8, 4) is 0 Å². The second-order valence-electron chi connectivity index (χ2n) is 14.2. The number of hydrogen-bond acceptors (Lipinski definition) is 1. The summed E-state index contributed by atoms with van der Waals surface area (Å²) < 4.78 is 9.46. The van der Waals surface area contributed by atoms with Gasteiger partial charge in [0.15, 0.2) is 0 Å². The van der Waals surface area contributed by atoms with Gasteiger partial charge < -0.3 is 0 Å². The molecule has 1 aliphatic rings. The molecule has 0 N–H and O–H groups in total. The first kappa shape index (κ1) is 33.2. The normalized spacial score (nSPS) is 17.5. The van der Waals surface area contributed by atoms with Gasteiger partial charge in [-0.15, -0.1) is 0 Å². The van der Waals surface area contributed by atoms with Gasteiger partial charge in [0.1, 0.15) is 0 Å². The number of likely N-dealkylation sites (N-methyl/N-ethyl adjacent to an activating group) is 1. The van der Waals surface area contributed by atoms with Crippen LogP contribution in [0.1, 0.15) is 119 Å². The summed E-state index contributed by atoms with van der Waals surface area (Å²) in [5.41, 5.74) is 5.37. The molecule has 1 fully saturated rings. The number of rotatable bonds is 16. The summed E-state index contributed by atoms with van der Waals surface area (Å²) in [6.45, 7) is 23.6. The van der Waals surface area contributed by atoms with Crippen molar-refractivity contribution in [2.45, 2.75) is 156 Å². The van der Waals surface area contributed by atoms with E-state index in [0.717, 1.165) is 0 Å². The van der Waals surface area contributed by atoms with Gasteiger partial charge in [0.25, 0.3) is 0 Å². The van der Waals surface area contributed by atoms with Crippen LogP contribution in [0.25, 0.3) is 10.9 Å². The Bertz CT molecular complexity index is 980. The topological polar surface area (TPSA) is 8.17 Å². The van der Waals surface area contributed by atoms with Crippen LogP contribution in [0.5, 0.6) is 0 Å². The third-order valence-electron chi connectivity index (χ3n) is 10.8. The quantitative estimate of drug-likeness (QED) is 0.163. The molecular weight excluding hydrogens is 595 g/mol. The van der Waals surface area contributed by atoms with Crippen molar-refractivity contribution in [1.82, 2.24) is 9.13 Å². The van der Waals surface area contributed by atoms with Gasteiger partial charge in [-0.1, -0.05) is 0 Å². The van der Waals surface area contributed by atoms with E-state index in [9.17, 15) is 0 Å². The first-order chi connectivity index (χ1) is 18.6. The molecule has 1 saturated heterocycles. The standard InChI is InChI=1S/C23H37N2Si.3C4H9.Sn/c1-17(2)26(18(3)4,19(5)6)25-16-20(15-21-11-10-14-24(21)7)22-12-8-9-13-23(22)25;3*1-3-4-2;/h9,12-13,16-19,21H,10-11,14-15H2,1-7H3;3*1,3-4H2,2H3;/t21-;;;;/m1..../s1. The van der Waals surface area contributed by atoms with Gasteiger partial charge in [-0.3, -0.25) is 0 Å². The minimum atomic E-state index is -2.50. The van der Waals surface area contributed by atoms with Crippen LogP contribution < -0.4 is 3.58 Å². The fraction of sp³-hybridized carbons (Fsp3) is 0.771. The fourth-order valence-electron chi connectivity index (χ4n) is 8.79. The molecule has 0 radical (unpaired) electrons. The molecular formula is C35H64N2SiSn. The Hall–Kier alpha value is -0.264. The summed E-state index contributed by atoms with van der Waals surface area (Å²) in [6, 6.07) is 8.83. The molecule has 1 atom stereocenters. The van der Waals surface area contributed by atoms with E-state index >= 15 is 0 Å². The first-order valence-electron chi connectivity index (χ1n) is 16.9. The number of likely N-dealkylation sites (tertiary alicyclic amines) is 1. The van der Waals surface area contributed by atoms with E-state index in [4.69, 9.17) is 0 Å². The van der Waals surface area contributed by atoms with Crippen molar-refractivity contribution in [3.05, 3.63) is 30.0 Å². The van der Waals surface area contributed by atoms with Crippen LogP contribution in [0.3, 0.4) is 0 Å². The van der Waals surface area contributed by atoms with E-state index in [2.05, 4.69) is 103 Å². The number of hydrogen-bond donors (Lipinski definition) is 0. The minimum absolute atomic E-state index is 0.703. The van der Waals surface area contributed by atoms with E-state index < -0.39 is 26.6 Å². The molecule has 1 aliphatic heterocycles. The Morgan fingerprint density at radius 3 is 1.82 bits per heavy atom. The molecule has 222 valence electrons. The third kappa shape index (κ3) is 6.87. The summed E-state index contributed by atoms with van der Waals surface area (Å²) in [5.74, 6) is 0. The van der Waals surface area contributed by atoms with Crippen LogP contribution in [0.2, 0.25) is 29.9 Å². The Kier molecular flexibility index (Phi) is 12.6. The molecule has 4 heteroatoms. The number of unbranched alkanes of at least 4 members (excludes halogenated alkanes) is 3. The van der Waals surface area contributed by atoms with Crippen molar-refractivity contribution in [1.29, 1.82) is 0 Å². The van der Waals surface area contributed by atoms with Crippen LogP contribution in [0.4, 0.5) is 0 Å². The van der Waals surface area contributed by atoms with Crippen molar-refractivity contribution in [2.75, 3.05) is 13.6 Å². The molecule has 1 aromatic heterocycles. The van der Waals surface area contributed by atoms with E-state index in [-0.39, 0.29) is 0 Å². The van der Waals surface area contributed by atoms with E-state index in [1.54, 1.807) is 29.8 Å². The molecule has 2 aromatic rings. The Morgan fingerprint density at radius 1 is 0.846 bits per heavy atom. The molecule has 0 amide bonds. The molecule has 0 aliphatic carbocycles. The SMILES string of the molecule is CCC[CH2][Sn]([CH2]CCC)([CH2]CCC)[c]1ccc2c(c1)c(C[C@H]1CCCN1C)cn2[Si](C(C)C)(C(C)C)C(C)C. The Labute approximate surface area is 248 Å². The Morgan fingerprint density at radius 2 is 1.38 bits per heavy atom. The molecule has 0 unspecified atom stereocenters. The molecule has 2 heterocycles. The summed E-state index contributed by atoms with van der Waals surface area (Å²) >= 11 is -2.50. The maximum atomic E-state index is 2.93. The molecule has 2 nitrogen and oxygen atoms in total. The predicted octanol–water partition coefficient (Wildman–Crippen LogP) is 10.4. The maximum absolute atomic E-state index is 2.93. The molecule has 0 bridgehead atoms. The van der Waals surface area contributed by atoms with E-state index in [1.165, 1.54) is 64.3 Å². The third-order valence-corrected chi connectivity index (χ3v) is 33.2. The number of fused-ring (bicyclic) bond motifs is 1. The average Bonchev–Trinajstić information content (AvgIpc) is 3.46. The zero-order chi connectivity index (χ0) is 28.8. The molecule has 39 heavy (non-hydrogen) atoms. The van der Waals surface area contributed by atoms with Crippen molar-refractivity contribution < 1.29 is 0 Å². The second kappa shape index (κ2) is 14.8. The van der Waals surface area contributed by atoms with Gasteiger partial charge in [0.2, 0.25) is 0 Å². The van der Waals surface area contributed by atoms with E-state index in [0.29, 0.717) is 22.7 Å². The predicted molar refractivity (Wildman–Crippen MR) is 182 cm³/mol. The number of aromatic nitrogens is 1. The van der Waals surface area contributed by atoms with Gasteiger partial charge in [0, 0.05) is 0 Å². The van der Waals surface area contributed by atoms with Crippen LogP contribution in [-0.2, 0) is 6.42 Å². The zero-order valence-corrected chi connectivity index (χ0v) is 31.6. The molecule has 0 saturated carbocycles. The first-order valence-corrected chi connectivity index (χ1v) is 26.6. The zero-order valence-electron chi connectivity index (χ0n) is 27.7. The number of benzene rings is 1. The summed E-state index contributed by atoms with van der Waals surface area (Å²) in [4.78, 5) is 2.64. The number of nitrogens with zero attached hydrogens (tertiary/aromatic N) is 2. The van der Waals surface area contributed by atoms with E-state index in [1.807, 2.05) is 3.58 Å². The summed E-state index contributed by atoms with van der Waals surface area (Å²) in [5, 5.41) is 1.64. The second-order valence-corrected chi connectivity index (χ2v) is 33.1. The van der Waals surface area contributed by atoms with Crippen LogP contribution in [0, 0.1) is 0 Å². The van der Waals surface area contributed by atoms with Gasteiger partial charge in [-0.05, 0) is 0 Å².